The highest BCUT2D eigenvalue weighted by Crippen LogP contribution is 2.34. The van der Waals surface area contributed by atoms with Gasteiger partial charge in [0, 0.05) is 5.41 Å². The first-order valence-electron chi connectivity index (χ1n) is 7.17. The second kappa shape index (κ2) is 6.46. The summed E-state index contributed by atoms with van der Waals surface area (Å²) in [6, 6.07) is 6.91. The second-order valence-corrected chi connectivity index (χ2v) is 6.43. The number of rotatable bonds is 3. The van der Waals surface area contributed by atoms with E-state index in [0.29, 0.717) is 22.2 Å². The Bertz CT molecular complexity index is 571. The standard InChI is InChI=1S/C16H20ClN3O/c1-16(2,12-4-3-7-19-10-12)15(21)20-14-6-5-11(9-18)8-13(14)17/h5-6,8,12,19H,3-4,7,10H2,1-2H3,(H,20,21). The largest absolute Gasteiger partial charge is 0.324 e. The molecule has 0 radical (unpaired) electrons. The van der Waals surface area contributed by atoms with E-state index >= 15 is 0 Å². The minimum Gasteiger partial charge on any atom is -0.324 e. The molecular formula is C16H20ClN3O. The number of hydrogen-bond donors (Lipinski definition) is 2. The van der Waals surface area contributed by atoms with Crippen LogP contribution in [-0.2, 0) is 4.79 Å². The van der Waals surface area contributed by atoms with Gasteiger partial charge in [-0.05, 0) is 50.0 Å². The normalized spacial score (nSPS) is 18.9. The Labute approximate surface area is 130 Å². The third kappa shape index (κ3) is 3.55. The number of carbonyl (C=O) groups is 1. The quantitative estimate of drug-likeness (QED) is 0.901. The molecular weight excluding hydrogens is 286 g/mol. The summed E-state index contributed by atoms with van der Waals surface area (Å²) in [5, 5.41) is 15.5. The predicted molar refractivity (Wildman–Crippen MR) is 84.2 cm³/mol. The van der Waals surface area contributed by atoms with Crippen LogP contribution in [0.2, 0.25) is 5.02 Å². The van der Waals surface area contributed by atoms with Crippen LogP contribution in [0.25, 0.3) is 0 Å². The zero-order valence-electron chi connectivity index (χ0n) is 12.4. The molecule has 2 rings (SSSR count). The molecule has 0 spiro atoms. The Morgan fingerprint density at radius 3 is 2.86 bits per heavy atom. The van der Waals surface area contributed by atoms with Crippen LogP contribution in [0.5, 0.6) is 0 Å². The highest BCUT2D eigenvalue weighted by atomic mass is 35.5. The third-order valence-electron chi connectivity index (χ3n) is 4.25. The number of anilines is 1. The molecule has 0 bridgehead atoms. The van der Waals surface area contributed by atoms with Gasteiger partial charge >= 0.3 is 0 Å². The molecule has 0 saturated carbocycles. The Hall–Kier alpha value is -1.57. The predicted octanol–water partition coefficient (Wildman–Crippen LogP) is 3.18. The van der Waals surface area contributed by atoms with Crippen molar-refractivity contribution < 1.29 is 4.79 Å². The number of carbonyl (C=O) groups excluding carboxylic acids is 1. The number of amides is 1. The molecule has 1 aromatic carbocycles. The lowest BCUT2D eigenvalue weighted by Gasteiger charge is -2.36. The first-order chi connectivity index (χ1) is 9.95. The summed E-state index contributed by atoms with van der Waals surface area (Å²) < 4.78 is 0. The van der Waals surface area contributed by atoms with Gasteiger partial charge in [-0.2, -0.15) is 5.26 Å². The smallest absolute Gasteiger partial charge is 0.230 e. The van der Waals surface area contributed by atoms with E-state index in [-0.39, 0.29) is 5.91 Å². The summed E-state index contributed by atoms with van der Waals surface area (Å²) in [6.07, 6.45) is 2.15. The summed E-state index contributed by atoms with van der Waals surface area (Å²) in [7, 11) is 0. The lowest BCUT2D eigenvalue weighted by Crippen LogP contribution is -2.44. The van der Waals surface area contributed by atoms with Crippen molar-refractivity contribution in [2.45, 2.75) is 26.7 Å². The third-order valence-corrected chi connectivity index (χ3v) is 4.56. The molecule has 0 aromatic heterocycles. The van der Waals surface area contributed by atoms with Crippen molar-refractivity contribution in [3.05, 3.63) is 28.8 Å². The van der Waals surface area contributed by atoms with Gasteiger partial charge in [0.05, 0.1) is 22.3 Å². The van der Waals surface area contributed by atoms with Gasteiger partial charge in [-0.3, -0.25) is 4.79 Å². The zero-order valence-corrected chi connectivity index (χ0v) is 13.1. The van der Waals surface area contributed by atoms with Crippen LogP contribution in [0.4, 0.5) is 5.69 Å². The van der Waals surface area contributed by atoms with Crippen LogP contribution >= 0.6 is 11.6 Å². The molecule has 5 heteroatoms. The molecule has 2 N–H and O–H groups in total. The number of hydrogen-bond acceptors (Lipinski definition) is 3. The first-order valence-corrected chi connectivity index (χ1v) is 7.54. The van der Waals surface area contributed by atoms with Crippen molar-refractivity contribution in [2.24, 2.45) is 11.3 Å². The fourth-order valence-corrected chi connectivity index (χ4v) is 2.85. The maximum absolute atomic E-state index is 12.6. The summed E-state index contributed by atoms with van der Waals surface area (Å²) in [5.41, 5.74) is 0.566. The lowest BCUT2D eigenvalue weighted by molar-refractivity contribution is -0.127. The molecule has 4 nitrogen and oxygen atoms in total. The van der Waals surface area contributed by atoms with Crippen LogP contribution in [-0.4, -0.2) is 19.0 Å². The average Bonchev–Trinajstić information content (AvgIpc) is 2.50. The Kier molecular flexibility index (Phi) is 4.87. The highest BCUT2D eigenvalue weighted by molar-refractivity contribution is 6.33. The average molecular weight is 306 g/mol. The van der Waals surface area contributed by atoms with Gasteiger partial charge in [0.2, 0.25) is 5.91 Å². The summed E-state index contributed by atoms with van der Waals surface area (Å²) in [4.78, 5) is 12.6. The molecule has 1 saturated heterocycles. The Balaban J connectivity index is 2.11. The van der Waals surface area contributed by atoms with Crippen LogP contribution in [0, 0.1) is 22.7 Å². The Morgan fingerprint density at radius 1 is 1.52 bits per heavy atom. The van der Waals surface area contributed by atoms with Gasteiger partial charge in [0.25, 0.3) is 0 Å². The van der Waals surface area contributed by atoms with Crippen LogP contribution in [0.1, 0.15) is 32.3 Å². The molecule has 1 atom stereocenters. The maximum atomic E-state index is 12.6. The fraction of sp³-hybridized carbons (Fsp3) is 0.500. The van der Waals surface area contributed by atoms with E-state index in [1.807, 2.05) is 19.9 Å². The zero-order chi connectivity index (χ0) is 15.5. The van der Waals surface area contributed by atoms with Crippen molar-refractivity contribution in [3.63, 3.8) is 0 Å². The van der Waals surface area contributed by atoms with E-state index in [1.165, 1.54) is 0 Å². The minimum atomic E-state index is -0.468. The van der Waals surface area contributed by atoms with Crippen molar-refractivity contribution in [1.82, 2.24) is 5.32 Å². The van der Waals surface area contributed by atoms with E-state index in [1.54, 1.807) is 18.2 Å². The molecule has 1 heterocycles. The minimum absolute atomic E-state index is 0.0391. The van der Waals surface area contributed by atoms with Crippen molar-refractivity contribution in [1.29, 1.82) is 5.26 Å². The molecule has 1 aliphatic heterocycles. The van der Waals surface area contributed by atoms with Gasteiger partial charge < -0.3 is 10.6 Å². The molecule has 21 heavy (non-hydrogen) atoms. The van der Waals surface area contributed by atoms with Gasteiger partial charge in [0.15, 0.2) is 0 Å². The summed E-state index contributed by atoms with van der Waals surface area (Å²) in [5.74, 6) is 0.270. The topological polar surface area (TPSA) is 64.9 Å². The number of nitrogens with zero attached hydrogens (tertiary/aromatic N) is 1. The van der Waals surface area contributed by atoms with E-state index in [4.69, 9.17) is 16.9 Å². The van der Waals surface area contributed by atoms with Gasteiger partial charge in [-0.25, -0.2) is 0 Å². The first kappa shape index (κ1) is 15.8. The second-order valence-electron chi connectivity index (χ2n) is 6.03. The van der Waals surface area contributed by atoms with Crippen LogP contribution in [0.15, 0.2) is 18.2 Å². The lowest BCUT2D eigenvalue weighted by atomic mass is 9.74. The molecule has 1 fully saturated rings. The highest BCUT2D eigenvalue weighted by Gasteiger charge is 2.37. The molecule has 1 aliphatic rings. The number of piperidine rings is 1. The van der Waals surface area contributed by atoms with E-state index in [9.17, 15) is 4.79 Å². The Morgan fingerprint density at radius 2 is 2.29 bits per heavy atom. The van der Waals surface area contributed by atoms with Crippen LogP contribution in [0.3, 0.4) is 0 Å². The van der Waals surface area contributed by atoms with Crippen LogP contribution < -0.4 is 10.6 Å². The van der Waals surface area contributed by atoms with Gasteiger partial charge in [0.1, 0.15) is 0 Å². The van der Waals surface area contributed by atoms with E-state index < -0.39 is 5.41 Å². The monoisotopic (exact) mass is 305 g/mol. The number of nitriles is 1. The molecule has 1 amide bonds. The summed E-state index contributed by atoms with van der Waals surface area (Å²) >= 11 is 6.11. The van der Waals surface area contributed by atoms with Crippen molar-refractivity contribution in [2.75, 3.05) is 18.4 Å². The van der Waals surface area contributed by atoms with Crippen molar-refractivity contribution >= 4 is 23.2 Å². The van der Waals surface area contributed by atoms with Gasteiger partial charge in [-0.15, -0.1) is 0 Å². The molecule has 1 unspecified atom stereocenters. The maximum Gasteiger partial charge on any atom is 0.230 e. The molecule has 112 valence electrons. The summed E-state index contributed by atoms with van der Waals surface area (Å²) in [6.45, 7) is 5.83. The number of halogens is 1. The number of benzene rings is 1. The molecule has 0 aliphatic carbocycles. The van der Waals surface area contributed by atoms with Crippen molar-refractivity contribution in [3.8, 4) is 6.07 Å². The number of nitrogens with one attached hydrogen (secondary N) is 2. The SMILES string of the molecule is CC(C)(C(=O)Nc1ccc(C#N)cc1Cl)C1CCCNC1. The fourth-order valence-electron chi connectivity index (χ4n) is 2.62. The van der Waals surface area contributed by atoms with Gasteiger partial charge in [-0.1, -0.05) is 25.4 Å². The van der Waals surface area contributed by atoms with E-state index in [0.717, 1.165) is 25.9 Å². The molecule has 1 aromatic rings. The van der Waals surface area contributed by atoms with E-state index in [2.05, 4.69) is 10.6 Å².